The van der Waals surface area contributed by atoms with Gasteiger partial charge in [-0.3, -0.25) is 4.68 Å². The number of hydrogen-bond acceptors (Lipinski definition) is 6. The summed E-state index contributed by atoms with van der Waals surface area (Å²) in [6.07, 6.45) is -1.29. The fourth-order valence-corrected chi connectivity index (χ4v) is 1.70. The Kier molecular flexibility index (Phi) is 10.5. The van der Waals surface area contributed by atoms with Crippen LogP contribution in [0.3, 0.4) is 0 Å². The molecule has 0 saturated carbocycles. The van der Waals surface area contributed by atoms with Crippen molar-refractivity contribution >= 4 is 5.69 Å². The molecular weight excluding hydrogens is 312 g/mol. The van der Waals surface area contributed by atoms with Gasteiger partial charge in [0.25, 0.3) is 6.43 Å². The number of aromatic nitrogens is 2. The molecule has 0 radical (unpaired) electrons. The van der Waals surface area contributed by atoms with E-state index in [1.54, 1.807) is 0 Å². The minimum atomic E-state index is -2.67. The Morgan fingerprint density at radius 3 is 2.00 bits per heavy atom. The van der Waals surface area contributed by atoms with Gasteiger partial charge in [-0.25, -0.2) is 8.78 Å². The first-order chi connectivity index (χ1) is 11.1. The lowest BCUT2D eigenvalue weighted by Crippen LogP contribution is -2.13. The highest BCUT2D eigenvalue weighted by Crippen LogP contribution is 2.22. The van der Waals surface area contributed by atoms with E-state index in [1.165, 1.54) is 10.9 Å². The molecule has 134 valence electrons. The van der Waals surface area contributed by atoms with E-state index < -0.39 is 12.1 Å². The first-order valence-electron chi connectivity index (χ1n) is 7.57. The van der Waals surface area contributed by atoms with Gasteiger partial charge in [0.05, 0.1) is 58.5 Å². The Morgan fingerprint density at radius 1 is 1.00 bits per heavy atom. The molecule has 1 aromatic heterocycles. The van der Waals surface area contributed by atoms with Crippen LogP contribution in [0.2, 0.25) is 0 Å². The predicted octanol–water partition coefficient (Wildman–Crippen LogP) is 1.49. The van der Waals surface area contributed by atoms with Crippen molar-refractivity contribution < 1.29 is 27.7 Å². The van der Waals surface area contributed by atoms with E-state index >= 15 is 0 Å². The van der Waals surface area contributed by atoms with E-state index in [-0.39, 0.29) is 5.69 Å². The normalized spacial score (nSPS) is 11.5. The van der Waals surface area contributed by atoms with Gasteiger partial charge in [-0.15, -0.1) is 0 Å². The molecule has 9 heteroatoms. The van der Waals surface area contributed by atoms with Gasteiger partial charge >= 0.3 is 0 Å². The van der Waals surface area contributed by atoms with Gasteiger partial charge in [-0.2, -0.15) is 5.10 Å². The summed E-state index contributed by atoms with van der Waals surface area (Å²) in [5.74, 6) is 0. The van der Waals surface area contributed by atoms with Crippen molar-refractivity contribution in [1.29, 1.82) is 0 Å². The van der Waals surface area contributed by atoms with E-state index in [1.807, 2.05) is 6.92 Å². The summed E-state index contributed by atoms with van der Waals surface area (Å²) in [6, 6.07) is 0. The molecule has 0 unspecified atom stereocenters. The summed E-state index contributed by atoms with van der Waals surface area (Å²) in [4.78, 5) is 0. The molecule has 0 atom stereocenters. The SMILES string of the molecule is CCOCCOCCOCCOCCn1cc(N)c(C(F)F)n1. The molecule has 0 amide bonds. The second-order valence-corrected chi connectivity index (χ2v) is 4.57. The van der Waals surface area contributed by atoms with Gasteiger partial charge in [0.1, 0.15) is 0 Å². The molecule has 2 N–H and O–H groups in total. The maximum Gasteiger partial charge on any atom is 0.284 e. The third-order valence-electron chi connectivity index (χ3n) is 2.81. The van der Waals surface area contributed by atoms with Crippen LogP contribution in [0.1, 0.15) is 19.0 Å². The molecule has 1 rings (SSSR count). The molecule has 0 aliphatic carbocycles. The maximum absolute atomic E-state index is 12.5. The van der Waals surface area contributed by atoms with E-state index in [0.717, 1.165) is 0 Å². The van der Waals surface area contributed by atoms with Crippen LogP contribution < -0.4 is 5.73 Å². The number of ether oxygens (including phenoxy) is 4. The molecule has 0 aliphatic rings. The van der Waals surface area contributed by atoms with E-state index in [0.29, 0.717) is 59.4 Å². The van der Waals surface area contributed by atoms with Crippen LogP contribution in [-0.4, -0.2) is 62.6 Å². The Hall–Kier alpha value is -1.29. The summed E-state index contributed by atoms with van der Waals surface area (Å²) in [5, 5.41) is 3.70. The highest BCUT2D eigenvalue weighted by atomic mass is 19.3. The topological polar surface area (TPSA) is 80.8 Å². The summed E-state index contributed by atoms with van der Waals surface area (Å²) in [5.41, 5.74) is 5.04. The fraction of sp³-hybridized carbons (Fsp3) is 0.786. The lowest BCUT2D eigenvalue weighted by atomic mass is 10.4. The summed E-state index contributed by atoms with van der Waals surface area (Å²) in [7, 11) is 0. The van der Waals surface area contributed by atoms with Crippen molar-refractivity contribution in [2.75, 3.05) is 58.6 Å². The van der Waals surface area contributed by atoms with E-state index in [2.05, 4.69) is 5.10 Å². The largest absolute Gasteiger partial charge is 0.396 e. The van der Waals surface area contributed by atoms with Gasteiger partial charge in [0, 0.05) is 12.8 Å². The first kappa shape index (κ1) is 19.8. The smallest absolute Gasteiger partial charge is 0.284 e. The molecule has 0 aromatic carbocycles. The van der Waals surface area contributed by atoms with Gasteiger partial charge < -0.3 is 24.7 Å². The van der Waals surface area contributed by atoms with Crippen LogP contribution in [0.4, 0.5) is 14.5 Å². The zero-order valence-electron chi connectivity index (χ0n) is 13.4. The zero-order chi connectivity index (χ0) is 16.9. The third-order valence-corrected chi connectivity index (χ3v) is 2.81. The molecule has 0 spiro atoms. The van der Waals surface area contributed by atoms with E-state index in [4.69, 9.17) is 24.7 Å². The first-order valence-corrected chi connectivity index (χ1v) is 7.57. The Bertz CT molecular complexity index is 419. The number of nitrogen functional groups attached to an aromatic ring is 1. The quantitative estimate of drug-likeness (QED) is 0.518. The monoisotopic (exact) mass is 337 g/mol. The molecule has 0 fully saturated rings. The lowest BCUT2D eigenvalue weighted by molar-refractivity contribution is -0.00150. The van der Waals surface area contributed by atoms with Crippen molar-refractivity contribution in [3.05, 3.63) is 11.9 Å². The predicted molar refractivity (Wildman–Crippen MR) is 80.5 cm³/mol. The number of halogens is 2. The van der Waals surface area contributed by atoms with Crippen LogP contribution in [-0.2, 0) is 25.5 Å². The Balaban J connectivity index is 1.93. The van der Waals surface area contributed by atoms with E-state index in [9.17, 15) is 8.78 Å². The molecule has 23 heavy (non-hydrogen) atoms. The average Bonchev–Trinajstić information content (AvgIpc) is 2.89. The van der Waals surface area contributed by atoms with Crippen LogP contribution in [0.5, 0.6) is 0 Å². The number of nitrogens with zero attached hydrogens (tertiary/aromatic N) is 2. The number of rotatable bonds is 14. The zero-order valence-corrected chi connectivity index (χ0v) is 13.4. The van der Waals surface area contributed by atoms with Crippen LogP contribution in [0, 0.1) is 0 Å². The van der Waals surface area contributed by atoms with Gasteiger partial charge in [0.15, 0.2) is 5.69 Å². The summed E-state index contributed by atoms with van der Waals surface area (Å²) in [6.45, 7) is 6.32. The number of nitrogens with two attached hydrogens (primary N) is 1. The second-order valence-electron chi connectivity index (χ2n) is 4.57. The highest BCUT2D eigenvalue weighted by Gasteiger charge is 2.15. The summed E-state index contributed by atoms with van der Waals surface area (Å²) >= 11 is 0. The average molecular weight is 337 g/mol. The van der Waals surface area contributed by atoms with Crippen molar-refractivity contribution in [2.45, 2.75) is 19.9 Å². The van der Waals surface area contributed by atoms with Crippen molar-refractivity contribution in [2.24, 2.45) is 0 Å². The molecule has 1 heterocycles. The minimum Gasteiger partial charge on any atom is -0.396 e. The number of alkyl halides is 2. The number of hydrogen-bond donors (Lipinski definition) is 1. The van der Waals surface area contributed by atoms with Crippen molar-refractivity contribution in [3.8, 4) is 0 Å². The molecule has 7 nitrogen and oxygen atoms in total. The summed E-state index contributed by atoms with van der Waals surface area (Å²) < 4.78 is 47.4. The molecule has 0 bridgehead atoms. The molecule has 0 aliphatic heterocycles. The van der Waals surface area contributed by atoms with Gasteiger partial charge in [-0.05, 0) is 6.92 Å². The Morgan fingerprint density at radius 2 is 1.52 bits per heavy atom. The van der Waals surface area contributed by atoms with Crippen molar-refractivity contribution in [3.63, 3.8) is 0 Å². The fourth-order valence-electron chi connectivity index (χ4n) is 1.70. The van der Waals surface area contributed by atoms with Crippen LogP contribution in [0.25, 0.3) is 0 Å². The van der Waals surface area contributed by atoms with Crippen LogP contribution >= 0.6 is 0 Å². The van der Waals surface area contributed by atoms with Crippen LogP contribution in [0.15, 0.2) is 6.20 Å². The van der Waals surface area contributed by atoms with Gasteiger partial charge in [0.2, 0.25) is 0 Å². The third kappa shape index (κ3) is 8.80. The lowest BCUT2D eigenvalue weighted by Gasteiger charge is -2.07. The number of anilines is 1. The Labute approximate surface area is 134 Å². The second kappa shape index (κ2) is 12.2. The maximum atomic E-state index is 12.5. The highest BCUT2D eigenvalue weighted by molar-refractivity contribution is 5.41. The van der Waals surface area contributed by atoms with Crippen molar-refractivity contribution in [1.82, 2.24) is 9.78 Å². The molecular formula is C14H25F2N3O4. The van der Waals surface area contributed by atoms with Gasteiger partial charge in [-0.1, -0.05) is 0 Å². The molecule has 0 saturated heterocycles. The minimum absolute atomic E-state index is 0.00679. The standard InChI is InChI=1S/C14H25F2N3O4/c1-2-20-5-6-22-9-10-23-8-7-21-4-3-19-11-12(17)13(18-19)14(15)16/h11,14H,2-10,17H2,1H3. The molecule has 1 aromatic rings.